The van der Waals surface area contributed by atoms with Crippen molar-refractivity contribution in [2.75, 3.05) is 27.2 Å². The van der Waals surface area contributed by atoms with Crippen molar-refractivity contribution >= 4 is 11.9 Å². The standard InChI is InChI=1S/C13H17N3O3/c1-15(2)9-6-7-16(8-9)12(17)10-4-3-5-11(14-10)13(18)19/h3-5,9H,6-8H2,1-2H3,(H,18,19). The Labute approximate surface area is 111 Å². The minimum absolute atomic E-state index is 0.103. The monoisotopic (exact) mass is 263 g/mol. The van der Waals surface area contributed by atoms with Gasteiger partial charge in [0.2, 0.25) is 0 Å². The molecule has 0 aliphatic carbocycles. The van der Waals surface area contributed by atoms with Gasteiger partial charge in [-0.05, 0) is 32.6 Å². The van der Waals surface area contributed by atoms with E-state index in [1.165, 1.54) is 6.07 Å². The highest BCUT2D eigenvalue weighted by atomic mass is 16.4. The summed E-state index contributed by atoms with van der Waals surface area (Å²) in [6.45, 7) is 1.34. The maximum Gasteiger partial charge on any atom is 0.354 e. The number of carboxylic acid groups (broad SMARTS) is 1. The number of nitrogens with zero attached hydrogens (tertiary/aromatic N) is 3. The number of hydrogen-bond donors (Lipinski definition) is 1. The van der Waals surface area contributed by atoms with Gasteiger partial charge < -0.3 is 14.9 Å². The average Bonchev–Trinajstić information content (AvgIpc) is 2.87. The number of aromatic carboxylic acids is 1. The second-order valence-electron chi connectivity index (χ2n) is 4.87. The van der Waals surface area contributed by atoms with Crippen LogP contribution in [0.2, 0.25) is 0 Å². The number of likely N-dealkylation sites (N-methyl/N-ethyl adjacent to an activating group) is 1. The third-order valence-electron chi connectivity index (χ3n) is 3.37. The van der Waals surface area contributed by atoms with Crippen LogP contribution in [0.25, 0.3) is 0 Å². The minimum Gasteiger partial charge on any atom is -0.477 e. The van der Waals surface area contributed by atoms with Gasteiger partial charge in [0.25, 0.3) is 5.91 Å². The van der Waals surface area contributed by atoms with Gasteiger partial charge >= 0.3 is 5.97 Å². The normalized spacial score (nSPS) is 18.9. The first-order valence-corrected chi connectivity index (χ1v) is 6.15. The summed E-state index contributed by atoms with van der Waals surface area (Å²) in [5.74, 6) is -1.32. The number of carbonyl (C=O) groups is 2. The van der Waals surface area contributed by atoms with Crippen LogP contribution in [0, 0.1) is 0 Å². The van der Waals surface area contributed by atoms with Gasteiger partial charge in [-0.1, -0.05) is 6.07 Å². The van der Waals surface area contributed by atoms with Crippen LogP contribution in [0.1, 0.15) is 27.4 Å². The molecule has 1 aliphatic rings. The van der Waals surface area contributed by atoms with Gasteiger partial charge in [0.05, 0.1) is 0 Å². The van der Waals surface area contributed by atoms with Crippen LogP contribution in [0.15, 0.2) is 18.2 Å². The summed E-state index contributed by atoms with van der Waals surface area (Å²) in [5, 5.41) is 8.88. The molecule has 2 heterocycles. The highest BCUT2D eigenvalue weighted by Crippen LogP contribution is 2.15. The second kappa shape index (κ2) is 5.36. The van der Waals surface area contributed by atoms with Gasteiger partial charge in [0.15, 0.2) is 0 Å². The van der Waals surface area contributed by atoms with Crippen LogP contribution in [0.4, 0.5) is 0 Å². The maximum absolute atomic E-state index is 12.2. The number of hydrogen-bond acceptors (Lipinski definition) is 4. The van der Waals surface area contributed by atoms with Crippen molar-refractivity contribution in [1.29, 1.82) is 0 Å². The molecule has 1 atom stereocenters. The Morgan fingerprint density at radius 3 is 2.63 bits per heavy atom. The summed E-state index contributed by atoms with van der Waals surface area (Å²) < 4.78 is 0. The molecule has 0 saturated carbocycles. The molecular weight excluding hydrogens is 246 g/mol. The minimum atomic E-state index is -1.12. The zero-order valence-corrected chi connectivity index (χ0v) is 11.0. The van der Waals surface area contributed by atoms with E-state index in [1.54, 1.807) is 17.0 Å². The summed E-state index contributed by atoms with van der Waals surface area (Å²) in [4.78, 5) is 30.8. The van der Waals surface area contributed by atoms with Gasteiger partial charge in [-0.15, -0.1) is 0 Å². The molecule has 1 aromatic rings. The first-order chi connectivity index (χ1) is 8.99. The summed E-state index contributed by atoms with van der Waals surface area (Å²) in [5.41, 5.74) is 0.0912. The Morgan fingerprint density at radius 1 is 1.37 bits per heavy atom. The van der Waals surface area contributed by atoms with Crippen molar-refractivity contribution in [2.45, 2.75) is 12.5 Å². The van der Waals surface area contributed by atoms with E-state index in [-0.39, 0.29) is 17.3 Å². The molecule has 1 unspecified atom stereocenters. The number of carboxylic acids is 1. The molecule has 6 heteroatoms. The number of likely N-dealkylation sites (tertiary alicyclic amines) is 1. The first kappa shape index (κ1) is 13.5. The molecule has 19 heavy (non-hydrogen) atoms. The van der Waals surface area contributed by atoms with Crippen LogP contribution in [0.5, 0.6) is 0 Å². The molecule has 6 nitrogen and oxygen atoms in total. The number of pyridine rings is 1. The predicted molar refractivity (Wildman–Crippen MR) is 69.2 cm³/mol. The Balaban J connectivity index is 2.12. The highest BCUT2D eigenvalue weighted by Gasteiger charge is 2.28. The molecule has 1 saturated heterocycles. The van der Waals surface area contributed by atoms with E-state index in [2.05, 4.69) is 9.88 Å². The molecular formula is C13H17N3O3. The van der Waals surface area contributed by atoms with E-state index < -0.39 is 5.97 Å². The van der Waals surface area contributed by atoms with Crippen molar-refractivity contribution in [3.8, 4) is 0 Å². The van der Waals surface area contributed by atoms with Crippen LogP contribution in [0.3, 0.4) is 0 Å². The van der Waals surface area contributed by atoms with Crippen molar-refractivity contribution in [2.24, 2.45) is 0 Å². The fourth-order valence-corrected chi connectivity index (χ4v) is 2.18. The van der Waals surface area contributed by atoms with Gasteiger partial charge in [0, 0.05) is 19.1 Å². The summed E-state index contributed by atoms with van der Waals surface area (Å²) in [7, 11) is 3.98. The Morgan fingerprint density at radius 2 is 2.05 bits per heavy atom. The number of amides is 1. The Hall–Kier alpha value is -1.95. The van der Waals surface area contributed by atoms with Gasteiger partial charge in [-0.2, -0.15) is 0 Å². The molecule has 2 rings (SSSR count). The third-order valence-corrected chi connectivity index (χ3v) is 3.37. The fraction of sp³-hybridized carbons (Fsp3) is 0.462. The van der Waals surface area contributed by atoms with Crippen molar-refractivity contribution in [3.63, 3.8) is 0 Å². The Kier molecular flexibility index (Phi) is 3.80. The fourth-order valence-electron chi connectivity index (χ4n) is 2.18. The van der Waals surface area contributed by atoms with Crippen LogP contribution < -0.4 is 0 Å². The molecule has 0 bridgehead atoms. The van der Waals surface area contributed by atoms with Gasteiger partial charge in [-0.3, -0.25) is 4.79 Å². The van der Waals surface area contributed by atoms with Crippen LogP contribution in [-0.4, -0.2) is 65.0 Å². The molecule has 1 amide bonds. The van der Waals surface area contributed by atoms with E-state index >= 15 is 0 Å². The van der Waals surface area contributed by atoms with E-state index in [0.29, 0.717) is 19.1 Å². The number of carbonyl (C=O) groups excluding carboxylic acids is 1. The van der Waals surface area contributed by atoms with Crippen molar-refractivity contribution < 1.29 is 14.7 Å². The lowest BCUT2D eigenvalue weighted by Gasteiger charge is -2.20. The summed E-state index contributed by atoms with van der Waals surface area (Å²) in [6.07, 6.45) is 0.928. The zero-order chi connectivity index (χ0) is 14.0. The summed E-state index contributed by atoms with van der Waals surface area (Å²) in [6, 6.07) is 4.83. The molecule has 1 aromatic heterocycles. The summed E-state index contributed by atoms with van der Waals surface area (Å²) >= 11 is 0. The van der Waals surface area contributed by atoms with Gasteiger partial charge in [-0.25, -0.2) is 9.78 Å². The molecule has 0 spiro atoms. The SMILES string of the molecule is CN(C)C1CCN(C(=O)c2cccc(C(=O)O)n2)C1. The second-order valence-corrected chi connectivity index (χ2v) is 4.87. The molecule has 1 N–H and O–H groups in total. The largest absolute Gasteiger partial charge is 0.477 e. The van der Waals surface area contributed by atoms with Crippen LogP contribution in [-0.2, 0) is 0 Å². The molecule has 0 radical (unpaired) electrons. The molecule has 102 valence electrons. The average molecular weight is 263 g/mol. The lowest BCUT2D eigenvalue weighted by molar-refractivity contribution is 0.0690. The topological polar surface area (TPSA) is 73.7 Å². The quantitative estimate of drug-likeness (QED) is 0.862. The Bertz CT molecular complexity index is 502. The number of aromatic nitrogens is 1. The lowest BCUT2D eigenvalue weighted by atomic mass is 10.2. The maximum atomic E-state index is 12.2. The predicted octanol–water partition coefficient (Wildman–Crippen LogP) is 0.556. The molecule has 1 aliphatic heterocycles. The van der Waals surface area contributed by atoms with E-state index in [9.17, 15) is 9.59 Å². The van der Waals surface area contributed by atoms with Crippen molar-refractivity contribution in [3.05, 3.63) is 29.6 Å². The van der Waals surface area contributed by atoms with E-state index in [0.717, 1.165) is 6.42 Å². The van der Waals surface area contributed by atoms with E-state index in [1.807, 2.05) is 14.1 Å². The van der Waals surface area contributed by atoms with Gasteiger partial charge in [0.1, 0.15) is 11.4 Å². The van der Waals surface area contributed by atoms with Crippen LogP contribution >= 0.6 is 0 Å². The molecule has 1 fully saturated rings. The van der Waals surface area contributed by atoms with Crippen molar-refractivity contribution in [1.82, 2.24) is 14.8 Å². The molecule has 0 aromatic carbocycles. The lowest BCUT2D eigenvalue weighted by Crippen LogP contribution is -2.35. The highest BCUT2D eigenvalue weighted by molar-refractivity contribution is 5.94. The number of rotatable bonds is 3. The third kappa shape index (κ3) is 2.90. The smallest absolute Gasteiger partial charge is 0.354 e. The first-order valence-electron chi connectivity index (χ1n) is 6.15. The van der Waals surface area contributed by atoms with E-state index in [4.69, 9.17) is 5.11 Å². The zero-order valence-electron chi connectivity index (χ0n) is 11.0.